The van der Waals surface area contributed by atoms with Crippen LogP contribution in [0.15, 0.2) is 60.0 Å². The van der Waals surface area contributed by atoms with Crippen LogP contribution in [-0.4, -0.2) is 35.5 Å². The first-order valence-corrected chi connectivity index (χ1v) is 13.3. The van der Waals surface area contributed by atoms with Gasteiger partial charge in [-0.1, -0.05) is 57.0 Å². The van der Waals surface area contributed by atoms with E-state index in [4.69, 9.17) is 9.47 Å². The van der Waals surface area contributed by atoms with Crippen molar-refractivity contribution in [2.75, 3.05) is 6.61 Å². The second-order valence-electron chi connectivity index (χ2n) is 9.28. The SMILES string of the molecule is CC(C)c1ccc(OCc2nc(C(=O)NC3CCCCC3NC(=O)COc3ccccc3)cs2)cc1. The lowest BCUT2D eigenvalue weighted by atomic mass is 9.90. The second kappa shape index (κ2) is 12.5. The molecule has 3 aromatic rings. The molecule has 1 aliphatic rings. The first-order chi connectivity index (χ1) is 17.5. The number of nitrogens with zero attached hydrogens (tertiary/aromatic N) is 1. The summed E-state index contributed by atoms with van der Waals surface area (Å²) in [6, 6.07) is 17.0. The van der Waals surface area contributed by atoms with Crippen LogP contribution in [0.5, 0.6) is 11.5 Å². The second-order valence-corrected chi connectivity index (χ2v) is 10.2. The molecule has 1 aliphatic carbocycles. The monoisotopic (exact) mass is 507 g/mol. The Morgan fingerprint density at radius 3 is 2.31 bits per heavy atom. The Morgan fingerprint density at radius 1 is 0.944 bits per heavy atom. The molecule has 36 heavy (non-hydrogen) atoms. The third-order valence-corrected chi connectivity index (χ3v) is 7.06. The van der Waals surface area contributed by atoms with Gasteiger partial charge in [0.25, 0.3) is 11.8 Å². The topological polar surface area (TPSA) is 89.5 Å². The van der Waals surface area contributed by atoms with E-state index in [1.54, 1.807) is 5.38 Å². The molecule has 2 aromatic carbocycles. The Hall–Kier alpha value is -3.39. The van der Waals surface area contributed by atoms with Crippen LogP contribution in [0.3, 0.4) is 0 Å². The molecule has 2 amide bonds. The minimum Gasteiger partial charge on any atom is -0.486 e. The van der Waals surface area contributed by atoms with Crippen molar-refractivity contribution in [2.45, 2.75) is 64.1 Å². The molecule has 0 aliphatic heterocycles. The van der Waals surface area contributed by atoms with Gasteiger partial charge in [0.1, 0.15) is 28.8 Å². The van der Waals surface area contributed by atoms with E-state index in [1.807, 2.05) is 42.5 Å². The number of hydrogen-bond acceptors (Lipinski definition) is 6. The normalized spacial score (nSPS) is 17.4. The van der Waals surface area contributed by atoms with Gasteiger partial charge in [-0.2, -0.15) is 0 Å². The summed E-state index contributed by atoms with van der Waals surface area (Å²) >= 11 is 1.40. The smallest absolute Gasteiger partial charge is 0.271 e. The van der Waals surface area contributed by atoms with Gasteiger partial charge >= 0.3 is 0 Å². The summed E-state index contributed by atoms with van der Waals surface area (Å²) in [7, 11) is 0. The highest BCUT2D eigenvalue weighted by atomic mass is 32.1. The van der Waals surface area contributed by atoms with Gasteiger partial charge in [-0.25, -0.2) is 4.98 Å². The van der Waals surface area contributed by atoms with Gasteiger partial charge in [0, 0.05) is 17.5 Å². The summed E-state index contributed by atoms with van der Waals surface area (Å²) < 4.78 is 11.4. The molecule has 4 rings (SSSR count). The van der Waals surface area contributed by atoms with Gasteiger partial charge in [0.2, 0.25) is 0 Å². The fourth-order valence-corrected chi connectivity index (χ4v) is 4.89. The Labute approximate surface area is 216 Å². The number of carbonyl (C=O) groups excluding carboxylic acids is 2. The zero-order valence-electron chi connectivity index (χ0n) is 20.7. The van der Waals surface area contributed by atoms with E-state index in [1.165, 1.54) is 16.9 Å². The van der Waals surface area contributed by atoms with E-state index >= 15 is 0 Å². The first-order valence-electron chi connectivity index (χ1n) is 12.4. The van der Waals surface area contributed by atoms with Crippen LogP contribution in [0.2, 0.25) is 0 Å². The van der Waals surface area contributed by atoms with Crippen molar-refractivity contribution in [3.63, 3.8) is 0 Å². The molecule has 2 unspecified atom stereocenters. The van der Waals surface area contributed by atoms with Crippen LogP contribution in [-0.2, 0) is 11.4 Å². The molecule has 2 atom stereocenters. The van der Waals surface area contributed by atoms with E-state index in [0.717, 1.165) is 36.4 Å². The molecule has 190 valence electrons. The lowest BCUT2D eigenvalue weighted by Gasteiger charge is -2.32. The van der Waals surface area contributed by atoms with Gasteiger partial charge in [0.05, 0.1) is 0 Å². The van der Waals surface area contributed by atoms with Crippen LogP contribution < -0.4 is 20.1 Å². The highest BCUT2D eigenvalue weighted by Gasteiger charge is 2.28. The minimum absolute atomic E-state index is 0.0587. The van der Waals surface area contributed by atoms with Crippen molar-refractivity contribution < 1.29 is 19.1 Å². The summed E-state index contributed by atoms with van der Waals surface area (Å²) in [5, 5.41) is 8.60. The molecular weight excluding hydrogens is 474 g/mol. The van der Waals surface area contributed by atoms with E-state index in [-0.39, 0.29) is 30.5 Å². The fourth-order valence-electron chi connectivity index (χ4n) is 4.21. The number of hydrogen-bond donors (Lipinski definition) is 2. The number of nitrogens with one attached hydrogen (secondary N) is 2. The molecule has 8 heteroatoms. The Balaban J connectivity index is 1.27. The van der Waals surface area contributed by atoms with E-state index < -0.39 is 0 Å². The number of thiazole rings is 1. The maximum absolute atomic E-state index is 12.9. The van der Waals surface area contributed by atoms with Crippen molar-refractivity contribution in [1.29, 1.82) is 0 Å². The average Bonchev–Trinajstić information content (AvgIpc) is 3.38. The summed E-state index contributed by atoms with van der Waals surface area (Å²) in [6.07, 6.45) is 3.63. The van der Waals surface area contributed by atoms with Gasteiger partial charge in [-0.05, 0) is 48.6 Å². The minimum atomic E-state index is -0.231. The molecule has 0 saturated heterocycles. The van der Waals surface area contributed by atoms with Crippen LogP contribution in [0.1, 0.15) is 66.5 Å². The molecule has 0 spiro atoms. The lowest BCUT2D eigenvalue weighted by Crippen LogP contribution is -2.54. The molecule has 0 radical (unpaired) electrons. The Morgan fingerprint density at radius 2 is 1.61 bits per heavy atom. The van der Waals surface area contributed by atoms with Crippen molar-refractivity contribution in [1.82, 2.24) is 15.6 Å². The van der Waals surface area contributed by atoms with E-state index in [0.29, 0.717) is 24.0 Å². The maximum Gasteiger partial charge on any atom is 0.271 e. The number of amides is 2. The van der Waals surface area contributed by atoms with Crippen molar-refractivity contribution in [3.05, 3.63) is 76.2 Å². The quantitative estimate of drug-likeness (QED) is 0.399. The van der Waals surface area contributed by atoms with Crippen molar-refractivity contribution >= 4 is 23.2 Å². The molecule has 1 heterocycles. The predicted molar refractivity (Wildman–Crippen MR) is 141 cm³/mol. The number of carbonyl (C=O) groups is 2. The number of para-hydroxylation sites is 1. The van der Waals surface area contributed by atoms with E-state index in [9.17, 15) is 9.59 Å². The summed E-state index contributed by atoms with van der Waals surface area (Å²) in [4.78, 5) is 29.8. The average molecular weight is 508 g/mol. The maximum atomic E-state index is 12.9. The van der Waals surface area contributed by atoms with Crippen LogP contribution in [0.25, 0.3) is 0 Å². The summed E-state index contributed by atoms with van der Waals surface area (Å²) in [6.45, 7) is 4.56. The van der Waals surface area contributed by atoms with Gasteiger partial charge < -0.3 is 20.1 Å². The van der Waals surface area contributed by atoms with Crippen LogP contribution >= 0.6 is 11.3 Å². The highest BCUT2D eigenvalue weighted by molar-refractivity contribution is 7.09. The molecular formula is C28H33N3O4S. The van der Waals surface area contributed by atoms with Crippen molar-refractivity contribution in [3.8, 4) is 11.5 Å². The number of aromatic nitrogens is 1. The Kier molecular flexibility index (Phi) is 8.95. The first kappa shape index (κ1) is 25.7. The number of benzene rings is 2. The van der Waals surface area contributed by atoms with Crippen LogP contribution in [0.4, 0.5) is 0 Å². The lowest BCUT2D eigenvalue weighted by molar-refractivity contribution is -0.124. The molecule has 1 aromatic heterocycles. The standard InChI is InChI=1S/C28H33N3O4S/c1-19(2)20-12-14-22(15-13-20)35-17-27-30-25(18-36-27)28(33)31-24-11-7-6-10-23(24)29-26(32)16-34-21-8-4-3-5-9-21/h3-5,8-9,12-15,18-19,23-24H,6-7,10-11,16-17H2,1-2H3,(H,29,32)(H,31,33). The predicted octanol–water partition coefficient (Wildman–Crippen LogP) is 5.08. The van der Waals surface area contributed by atoms with Crippen molar-refractivity contribution in [2.24, 2.45) is 0 Å². The largest absolute Gasteiger partial charge is 0.486 e. The van der Waals surface area contributed by atoms with Gasteiger partial charge in [-0.15, -0.1) is 11.3 Å². The molecule has 7 nitrogen and oxygen atoms in total. The van der Waals surface area contributed by atoms with Gasteiger partial charge in [0.15, 0.2) is 6.61 Å². The van der Waals surface area contributed by atoms with Crippen LogP contribution in [0, 0.1) is 0 Å². The summed E-state index contributed by atoms with van der Waals surface area (Å²) in [5.41, 5.74) is 1.63. The zero-order valence-corrected chi connectivity index (χ0v) is 21.6. The Bertz CT molecular complexity index is 1130. The third kappa shape index (κ3) is 7.31. The number of ether oxygens (including phenoxy) is 2. The molecule has 1 saturated carbocycles. The number of rotatable bonds is 10. The fraction of sp³-hybridized carbons (Fsp3) is 0.393. The highest BCUT2D eigenvalue weighted by Crippen LogP contribution is 2.22. The van der Waals surface area contributed by atoms with Gasteiger partial charge in [-0.3, -0.25) is 9.59 Å². The third-order valence-electron chi connectivity index (χ3n) is 6.24. The summed E-state index contributed by atoms with van der Waals surface area (Å²) in [5.74, 6) is 1.47. The zero-order chi connectivity index (χ0) is 25.3. The molecule has 0 bridgehead atoms. The molecule has 1 fully saturated rings. The molecule has 2 N–H and O–H groups in total. The van der Waals surface area contributed by atoms with E-state index in [2.05, 4.69) is 41.6 Å².